The van der Waals surface area contributed by atoms with Crippen molar-refractivity contribution < 1.29 is 12.8 Å². The number of benzene rings is 3. The van der Waals surface area contributed by atoms with E-state index in [0.717, 1.165) is 27.7 Å². The minimum Gasteiger partial charge on any atom is -0.207 e. The third-order valence-corrected chi connectivity index (χ3v) is 6.88. The first-order chi connectivity index (χ1) is 13.3. The van der Waals surface area contributed by atoms with Gasteiger partial charge in [0.15, 0.2) is 0 Å². The quantitative estimate of drug-likeness (QED) is 0.547. The highest BCUT2D eigenvalue weighted by Crippen LogP contribution is 2.36. The minimum atomic E-state index is -4.08. The van der Waals surface area contributed by atoms with Gasteiger partial charge in [0.25, 0.3) is 0 Å². The third kappa shape index (κ3) is 3.99. The van der Waals surface area contributed by atoms with E-state index >= 15 is 0 Å². The highest BCUT2D eigenvalue weighted by Gasteiger charge is 2.32. The topological polar surface area (TPSA) is 61.2 Å². The van der Waals surface area contributed by atoms with E-state index in [2.05, 4.69) is 15.9 Å². The van der Waals surface area contributed by atoms with Gasteiger partial charge in [-0.2, -0.15) is 9.57 Å². The molecule has 0 heterocycles. The summed E-state index contributed by atoms with van der Waals surface area (Å²) in [5.41, 5.74) is 1.46. The van der Waals surface area contributed by atoms with Gasteiger partial charge in [-0.05, 0) is 35.4 Å². The van der Waals surface area contributed by atoms with Crippen LogP contribution < -0.4 is 0 Å². The molecule has 3 aromatic rings. The van der Waals surface area contributed by atoms with Crippen LogP contribution in [0.3, 0.4) is 0 Å². The molecule has 0 bridgehead atoms. The molecule has 7 heteroatoms. The zero-order valence-corrected chi connectivity index (χ0v) is 17.3. The molecule has 0 amide bonds. The molecule has 0 aromatic heterocycles. The van der Waals surface area contributed by atoms with Crippen LogP contribution in [0.2, 0.25) is 0 Å². The Balaban J connectivity index is 2.17. The number of hydrogen-bond acceptors (Lipinski definition) is 3. The molecule has 142 valence electrons. The maximum atomic E-state index is 13.9. The summed E-state index contributed by atoms with van der Waals surface area (Å²) in [6.45, 7) is 0. The summed E-state index contributed by atoms with van der Waals surface area (Å²) in [7, 11) is -2.64. The zero-order valence-electron chi connectivity index (χ0n) is 14.9. The van der Waals surface area contributed by atoms with Crippen molar-refractivity contribution >= 4 is 26.0 Å². The van der Waals surface area contributed by atoms with E-state index in [0.29, 0.717) is 0 Å². The van der Waals surface area contributed by atoms with Gasteiger partial charge in [0.05, 0.1) is 22.6 Å². The Bertz CT molecular complexity index is 1140. The van der Waals surface area contributed by atoms with Gasteiger partial charge in [0.1, 0.15) is 5.82 Å². The number of nitriles is 1. The Hall–Kier alpha value is -2.53. The van der Waals surface area contributed by atoms with Crippen LogP contribution in [0, 0.1) is 17.1 Å². The molecule has 0 aliphatic rings. The highest BCUT2D eigenvalue weighted by atomic mass is 79.9. The first-order valence-corrected chi connectivity index (χ1v) is 10.6. The molecular weight excluding hydrogens is 443 g/mol. The fourth-order valence-electron chi connectivity index (χ4n) is 3.00. The highest BCUT2D eigenvalue weighted by molar-refractivity contribution is 9.10. The van der Waals surface area contributed by atoms with Crippen LogP contribution in [0.15, 0.2) is 82.2 Å². The van der Waals surface area contributed by atoms with Crippen LogP contribution in [0.5, 0.6) is 0 Å². The van der Waals surface area contributed by atoms with Crippen molar-refractivity contribution in [1.29, 1.82) is 5.26 Å². The smallest absolute Gasteiger partial charge is 0.207 e. The average molecular weight is 459 g/mol. The van der Waals surface area contributed by atoms with Crippen molar-refractivity contribution in [3.05, 3.63) is 99.8 Å². The Morgan fingerprint density at radius 1 is 1.04 bits per heavy atom. The molecule has 1 atom stereocenters. The van der Waals surface area contributed by atoms with E-state index in [9.17, 15) is 12.8 Å². The van der Waals surface area contributed by atoms with E-state index < -0.39 is 21.9 Å². The molecule has 0 N–H and O–H groups in total. The molecule has 0 saturated carbocycles. The normalized spacial score (nSPS) is 12.5. The predicted molar refractivity (Wildman–Crippen MR) is 108 cm³/mol. The lowest BCUT2D eigenvalue weighted by Gasteiger charge is -2.29. The molecule has 0 spiro atoms. The molecule has 0 fully saturated rings. The SMILES string of the molecule is CN(C(c1ccccc1)c1ccccc1Br)S(=O)(=O)c1cc(F)cc(C#N)c1. The molecular formula is C21H16BrFN2O2S. The molecule has 1 unspecified atom stereocenters. The summed E-state index contributed by atoms with van der Waals surface area (Å²) in [6, 6.07) is 20.8. The van der Waals surface area contributed by atoms with Crippen LogP contribution in [0.1, 0.15) is 22.7 Å². The largest absolute Gasteiger partial charge is 0.243 e. The summed E-state index contributed by atoms with van der Waals surface area (Å²) in [4.78, 5) is -0.264. The standard InChI is InChI=1S/C21H16BrFN2O2S/c1-25(28(26,27)18-12-15(14-24)11-17(23)13-18)21(16-7-3-2-4-8-16)19-9-5-6-10-20(19)22/h2-13,21H,1H3. The Labute approximate surface area is 172 Å². The first-order valence-electron chi connectivity index (χ1n) is 8.32. The van der Waals surface area contributed by atoms with Gasteiger partial charge in [-0.25, -0.2) is 12.8 Å². The second-order valence-corrected chi connectivity index (χ2v) is 9.00. The van der Waals surface area contributed by atoms with Crippen molar-refractivity contribution in [3.63, 3.8) is 0 Å². The lowest BCUT2D eigenvalue weighted by Crippen LogP contribution is -2.32. The van der Waals surface area contributed by atoms with Gasteiger partial charge in [-0.1, -0.05) is 64.5 Å². The number of rotatable bonds is 5. The van der Waals surface area contributed by atoms with E-state index in [-0.39, 0.29) is 10.5 Å². The third-order valence-electron chi connectivity index (χ3n) is 4.36. The molecule has 3 aromatic carbocycles. The maximum Gasteiger partial charge on any atom is 0.243 e. The lowest BCUT2D eigenvalue weighted by atomic mass is 9.99. The second-order valence-electron chi connectivity index (χ2n) is 6.14. The van der Waals surface area contributed by atoms with Crippen molar-refractivity contribution in [1.82, 2.24) is 4.31 Å². The summed E-state index contributed by atoms with van der Waals surface area (Å²) < 4.78 is 42.4. The molecule has 28 heavy (non-hydrogen) atoms. The molecule has 3 rings (SSSR count). The Morgan fingerprint density at radius 3 is 2.32 bits per heavy atom. The first kappa shape index (κ1) is 20.2. The molecule has 4 nitrogen and oxygen atoms in total. The number of sulfonamides is 1. The van der Waals surface area contributed by atoms with Crippen molar-refractivity contribution in [2.24, 2.45) is 0 Å². The zero-order chi connectivity index (χ0) is 20.3. The van der Waals surface area contributed by atoms with Crippen molar-refractivity contribution in [3.8, 4) is 6.07 Å². The minimum absolute atomic E-state index is 0.0517. The summed E-state index contributed by atoms with van der Waals surface area (Å²) in [5, 5.41) is 9.06. The maximum absolute atomic E-state index is 13.9. The van der Waals surface area contributed by atoms with E-state index in [4.69, 9.17) is 5.26 Å². The monoisotopic (exact) mass is 458 g/mol. The summed E-state index contributed by atoms with van der Waals surface area (Å²) >= 11 is 3.50. The fourth-order valence-corrected chi connectivity index (χ4v) is 4.88. The van der Waals surface area contributed by atoms with Gasteiger partial charge < -0.3 is 0 Å². The predicted octanol–water partition coefficient (Wildman–Crippen LogP) is 4.87. The number of nitrogens with zero attached hydrogens (tertiary/aromatic N) is 2. The van der Waals surface area contributed by atoms with Crippen molar-refractivity contribution in [2.75, 3.05) is 7.05 Å². The van der Waals surface area contributed by atoms with Gasteiger partial charge in [-0.15, -0.1) is 0 Å². The van der Waals surface area contributed by atoms with Crippen LogP contribution in [0.4, 0.5) is 4.39 Å². The number of halogens is 2. The van der Waals surface area contributed by atoms with Crippen molar-refractivity contribution in [2.45, 2.75) is 10.9 Å². The van der Waals surface area contributed by atoms with Gasteiger partial charge in [0, 0.05) is 11.5 Å². The van der Waals surface area contributed by atoms with E-state index in [1.165, 1.54) is 17.4 Å². The van der Waals surface area contributed by atoms with Gasteiger partial charge in [-0.3, -0.25) is 0 Å². The molecule has 0 saturated heterocycles. The van der Waals surface area contributed by atoms with E-state index in [1.807, 2.05) is 54.6 Å². The van der Waals surface area contributed by atoms with Crippen LogP contribution >= 0.6 is 15.9 Å². The molecule has 0 radical (unpaired) electrons. The summed E-state index contributed by atoms with van der Waals surface area (Å²) in [5.74, 6) is -0.775. The molecule has 0 aliphatic carbocycles. The van der Waals surface area contributed by atoms with E-state index in [1.54, 1.807) is 6.07 Å². The molecule has 0 aliphatic heterocycles. The van der Waals surface area contributed by atoms with Crippen LogP contribution in [-0.4, -0.2) is 19.8 Å². The Kier molecular flexibility index (Phi) is 5.94. The fraction of sp³-hybridized carbons (Fsp3) is 0.0952. The van der Waals surface area contributed by atoms with Crippen LogP contribution in [-0.2, 0) is 10.0 Å². The van der Waals surface area contributed by atoms with Crippen LogP contribution in [0.25, 0.3) is 0 Å². The average Bonchev–Trinajstić information content (AvgIpc) is 2.69. The van der Waals surface area contributed by atoms with Gasteiger partial charge >= 0.3 is 0 Å². The van der Waals surface area contributed by atoms with Gasteiger partial charge in [0.2, 0.25) is 10.0 Å². The summed E-state index contributed by atoms with van der Waals surface area (Å²) in [6.07, 6.45) is 0. The Morgan fingerprint density at radius 2 is 1.68 bits per heavy atom. The lowest BCUT2D eigenvalue weighted by molar-refractivity contribution is 0.416. The number of hydrogen-bond donors (Lipinski definition) is 0. The second kappa shape index (κ2) is 8.23.